The average molecular weight is 349 g/mol. The lowest BCUT2D eigenvalue weighted by atomic mass is 9.94. The van der Waals surface area contributed by atoms with Gasteiger partial charge in [0.2, 0.25) is 5.78 Å². The van der Waals surface area contributed by atoms with E-state index >= 15 is 0 Å². The Morgan fingerprint density at radius 3 is 2.19 bits per heavy atom. The zero-order chi connectivity index (χ0) is 18.4. The number of aromatic nitrogens is 1. The number of ketones is 1. The molecule has 0 bridgehead atoms. The Bertz CT molecular complexity index is 1140. The van der Waals surface area contributed by atoms with Gasteiger partial charge in [-0.05, 0) is 23.3 Å². The highest BCUT2D eigenvalue weighted by molar-refractivity contribution is 6.09. The van der Waals surface area contributed by atoms with Crippen LogP contribution in [0.15, 0.2) is 91.0 Å². The maximum atomic E-state index is 13.3. The second kappa shape index (κ2) is 6.10. The van der Waals surface area contributed by atoms with Crippen LogP contribution >= 0.6 is 0 Å². The highest BCUT2D eigenvalue weighted by Crippen LogP contribution is 2.45. The third-order valence-corrected chi connectivity index (χ3v) is 5.45. The van der Waals surface area contributed by atoms with Crippen molar-refractivity contribution >= 4 is 5.78 Å². The van der Waals surface area contributed by atoms with Crippen molar-refractivity contribution in [3.05, 3.63) is 114 Å². The summed E-state index contributed by atoms with van der Waals surface area (Å²) in [6.45, 7) is 2.22. The number of rotatable bonds is 3. The largest absolute Gasteiger partial charge is 0.309 e. The molecule has 0 saturated carbocycles. The van der Waals surface area contributed by atoms with Crippen LogP contribution in [0.2, 0.25) is 0 Å². The lowest BCUT2D eigenvalue weighted by molar-refractivity contribution is 0.103. The van der Waals surface area contributed by atoms with Crippen molar-refractivity contribution in [3.63, 3.8) is 0 Å². The van der Waals surface area contributed by atoms with Gasteiger partial charge in [-0.15, -0.1) is 0 Å². The summed E-state index contributed by atoms with van der Waals surface area (Å²) >= 11 is 0. The van der Waals surface area contributed by atoms with Crippen molar-refractivity contribution in [2.45, 2.75) is 12.8 Å². The summed E-state index contributed by atoms with van der Waals surface area (Å²) in [5.74, 6) is 0.302. The van der Waals surface area contributed by atoms with Crippen LogP contribution in [0.4, 0.5) is 0 Å². The normalized spacial score (nSPS) is 14.6. The van der Waals surface area contributed by atoms with Gasteiger partial charge in [0.15, 0.2) is 0 Å². The van der Waals surface area contributed by atoms with E-state index in [0.717, 1.165) is 28.1 Å². The van der Waals surface area contributed by atoms with E-state index in [1.165, 1.54) is 11.3 Å². The Balaban J connectivity index is 1.79. The Hall–Kier alpha value is -3.39. The van der Waals surface area contributed by atoms with E-state index in [0.29, 0.717) is 0 Å². The molecule has 0 amide bonds. The maximum Gasteiger partial charge on any atom is 0.209 e. The number of fused-ring (bicyclic) bond motifs is 3. The second-order valence-electron chi connectivity index (χ2n) is 7.01. The predicted molar refractivity (Wildman–Crippen MR) is 109 cm³/mol. The van der Waals surface area contributed by atoms with Gasteiger partial charge >= 0.3 is 0 Å². The summed E-state index contributed by atoms with van der Waals surface area (Å²) in [5, 5.41) is 0. The summed E-state index contributed by atoms with van der Waals surface area (Å²) in [7, 11) is 0. The Morgan fingerprint density at radius 1 is 0.815 bits per heavy atom. The lowest BCUT2D eigenvalue weighted by Crippen LogP contribution is -2.08. The van der Waals surface area contributed by atoms with E-state index in [1.807, 2.05) is 54.6 Å². The van der Waals surface area contributed by atoms with Gasteiger partial charge in [0, 0.05) is 28.4 Å². The number of nitrogens with zero attached hydrogens (tertiary/aromatic N) is 1. The Kier molecular flexibility index (Phi) is 3.58. The molecule has 0 radical (unpaired) electrons. The molecule has 0 spiro atoms. The van der Waals surface area contributed by atoms with Crippen LogP contribution < -0.4 is 0 Å². The maximum absolute atomic E-state index is 13.3. The fraction of sp³-hybridized carbons (Fsp3) is 0.0800. The molecule has 0 aliphatic carbocycles. The molecule has 2 heteroatoms. The van der Waals surface area contributed by atoms with Crippen molar-refractivity contribution in [1.82, 2.24) is 4.57 Å². The SMILES string of the molecule is CC1c2ccccc2-n2c(C(=O)c3ccccc3)cc(-c3ccccc3)c21. The van der Waals surface area contributed by atoms with E-state index in [1.54, 1.807) is 0 Å². The molecule has 1 unspecified atom stereocenters. The van der Waals surface area contributed by atoms with Gasteiger partial charge in [-0.1, -0.05) is 85.8 Å². The summed E-state index contributed by atoms with van der Waals surface area (Å²) in [5.41, 5.74) is 7.31. The minimum atomic E-state index is 0.0583. The minimum Gasteiger partial charge on any atom is -0.309 e. The number of benzene rings is 3. The van der Waals surface area contributed by atoms with Crippen LogP contribution in [0.5, 0.6) is 0 Å². The second-order valence-corrected chi connectivity index (χ2v) is 7.01. The summed E-state index contributed by atoms with van der Waals surface area (Å²) in [4.78, 5) is 13.3. The van der Waals surface area contributed by atoms with Gasteiger partial charge in [0.05, 0.1) is 5.69 Å². The molecule has 27 heavy (non-hydrogen) atoms. The van der Waals surface area contributed by atoms with Gasteiger partial charge < -0.3 is 4.57 Å². The van der Waals surface area contributed by atoms with Crippen LogP contribution in [0.25, 0.3) is 16.8 Å². The minimum absolute atomic E-state index is 0.0583. The molecular weight excluding hydrogens is 330 g/mol. The molecule has 3 aromatic carbocycles. The average Bonchev–Trinajstić information content (AvgIpc) is 3.26. The van der Waals surface area contributed by atoms with Gasteiger partial charge in [0.1, 0.15) is 0 Å². The van der Waals surface area contributed by atoms with Gasteiger partial charge in [-0.2, -0.15) is 0 Å². The highest BCUT2D eigenvalue weighted by atomic mass is 16.1. The molecular formula is C25H19NO. The fourth-order valence-corrected chi connectivity index (χ4v) is 4.17. The standard InChI is InChI=1S/C25H19NO/c1-17-20-14-8-9-15-22(20)26-23(25(27)19-12-6-3-7-13-19)16-21(24(17)26)18-10-4-2-5-11-18/h2-17H,1H3. The molecule has 130 valence electrons. The molecule has 0 saturated heterocycles. The first-order chi connectivity index (χ1) is 13.3. The highest BCUT2D eigenvalue weighted by Gasteiger charge is 2.33. The number of hydrogen-bond acceptors (Lipinski definition) is 1. The van der Waals surface area contributed by atoms with Crippen LogP contribution in [0.3, 0.4) is 0 Å². The Labute approximate surface area is 158 Å². The monoisotopic (exact) mass is 349 g/mol. The molecule has 2 heterocycles. The zero-order valence-corrected chi connectivity index (χ0v) is 15.1. The fourth-order valence-electron chi connectivity index (χ4n) is 4.17. The molecule has 2 nitrogen and oxygen atoms in total. The first-order valence-electron chi connectivity index (χ1n) is 9.26. The van der Waals surface area contributed by atoms with Crippen molar-refractivity contribution in [3.8, 4) is 16.8 Å². The molecule has 0 N–H and O–H groups in total. The summed E-state index contributed by atoms with van der Waals surface area (Å²) < 4.78 is 2.16. The van der Waals surface area contributed by atoms with Crippen molar-refractivity contribution in [1.29, 1.82) is 0 Å². The number of carbonyl (C=O) groups is 1. The molecule has 0 fully saturated rings. The summed E-state index contributed by atoms with van der Waals surface area (Å²) in [6, 6.07) is 30.3. The van der Waals surface area contributed by atoms with Crippen LogP contribution in [-0.2, 0) is 0 Å². The van der Waals surface area contributed by atoms with E-state index in [2.05, 4.69) is 47.9 Å². The predicted octanol–water partition coefficient (Wildman–Crippen LogP) is 5.84. The molecule has 5 rings (SSSR count). The molecule has 1 aliphatic heterocycles. The molecule has 4 aromatic rings. The zero-order valence-electron chi connectivity index (χ0n) is 15.1. The van der Waals surface area contributed by atoms with Gasteiger partial charge in [0.25, 0.3) is 0 Å². The van der Waals surface area contributed by atoms with Crippen LogP contribution in [0, 0.1) is 0 Å². The summed E-state index contributed by atoms with van der Waals surface area (Å²) in [6.07, 6.45) is 0. The van der Waals surface area contributed by atoms with E-state index in [-0.39, 0.29) is 11.7 Å². The van der Waals surface area contributed by atoms with Crippen molar-refractivity contribution in [2.75, 3.05) is 0 Å². The van der Waals surface area contributed by atoms with E-state index in [9.17, 15) is 4.79 Å². The Morgan fingerprint density at radius 2 is 1.44 bits per heavy atom. The number of carbonyl (C=O) groups excluding carboxylic acids is 1. The molecule has 1 atom stereocenters. The van der Waals surface area contributed by atoms with E-state index < -0.39 is 0 Å². The quantitative estimate of drug-likeness (QED) is 0.426. The molecule has 1 aromatic heterocycles. The topological polar surface area (TPSA) is 22.0 Å². The van der Waals surface area contributed by atoms with Crippen molar-refractivity contribution in [2.24, 2.45) is 0 Å². The van der Waals surface area contributed by atoms with E-state index in [4.69, 9.17) is 0 Å². The third-order valence-electron chi connectivity index (χ3n) is 5.45. The number of para-hydroxylation sites is 1. The van der Waals surface area contributed by atoms with Crippen molar-refractivity contribution < 1.29 is 4.79 Å². The smallest absolute Gasteiger partial charge is 0.209 e. The first kappa shape index (κ1) is 15.8. The molecule has 1 aliphatic rings. The first-order valence-corrected chi connectivity index (χ1v) is 9.26. The van der Waals surface area contributed by atoms with Crippen LogP contribution in [0.1, 0.15) is 40.2 Å². The van der Waals surface area contributed by atoms with Gasteiger partial charge in [-0.25, -0.2) is 0 Å². The van der Waals surface area contributed by atoms with Gasteiger partial charge in [-0.3, -0.25) is 4.79 Å². The third kappa shape index (κ3) is 2.37. The lowest BCUT2D eigenvalue weighted by Gasteiger charge is -2.08. The number of hydrogen-bond donors (Lipinski definition) is 0. The van der Waals surface area contributed by atoms with Crippen LogP contribution in [-0.4, -0.2) is 10.4 Å².